The van der Waals surface area contributed by atoms with E-state index in [1.807, 2.05) is 24.8 Å². The van der Waals surface area contributed by atoms with Gasteiger partial charge in [0.2, 0.25) is 0 Å². The van der Waals surface area contributed by atoms with Gasteiger partial charge in [0, 0.05) is 13.1 Å². The molecule has 0 bridgehead atoms. The third kappa shape index (κ3) is 3.41. The maximum atomic E-state index is 13.7. The predicted octanol–water partition coefficient (Wildman–Crippen LogP) is 1.62. The number of para-hydroxylation sites is 1. The first-order valence-electron chi connectivity index (χ1n) is 5.85. The second-order valence-corrected chi connectivity index (χ2v) is 4.43. The van der Waals surface area contributed by atoms with Gasteiger partial charge in [-0.3, -0.25) is 0 Å². The smallest absolute Gasteiger partial charge is 0.146 e. The van der Waals surface area contributed by atoms with Crippen LogP contribution >= 0.6 is 0 Å². The Morgan fingerprint density at radius 2 is 2.06 bits per heavy atom. The number of anilines is 1. The van der Waals surface area contributed by atoms with E-state index in [2.05, 4.69) is 5.32 Å². The van der Waals surface area contributed by atoms with Crippen LogP contribution in [-0.2, 0) is 0 Å². The van der Waals surface area contributed by atoms with Gasteiger partial charge >= 0.3 is 0 Å². The van der Waals surface area contributed by atoms with E-state index in [1.54, 1.807) is 19.2 Å². The van der Waals surface area contributed by atoms with Crippen LogP contribution in [0, 0.1) is 5.82 Å². The van der Waals surface area contributed by atoms with E-state index in [9.17, 15) is 9.50 Å². The first kappa shape index (κ1) is 13.9. The zero-order chi connectivity index (χ0) is 12.9. The number of rotatable bonds is 6. The van der Waals surface area contributed by atoms with Crippen LogP contribution in [0.1, 0.15) is 13.8 Å². The Kier molecular flexibility index (Phi) is 4.90. The first-order chi connectivity index (χ1) is 8.06. The van der Waals surface area contributed by atoms with Crippen molar-refractivity contribution in [2.75, 3.05) is 31.6 Å². The summed E-state index contributed by atoms with van der Waals surface area (Å²) in [6.07, 6.45) is 0. The molecule has 0 aliphatic heterocycles. The lowest BCUT2D eigenvalue weighted by Gasteiger charge is -2.35. The summed E-state index contributed by atoms with van der Waals surface area (Å²) < 4.78 is 13.7. The van der Waals surface area contributed by atoms with Crippen molar-refractivity contribution in [3.05, 3.63) is 30.1 Å². The molecule has 0 radical (unpaired) electrons. The summed E-state index contributed by atoms with van der Waals surface area (Å²) in [7, 11) is 1.80. The van der Waals surface area contributed by atoms with Crippen LogP contribution < -0.4 is 10.2 Å². The summed E-state index contributed by atoms with van der Waals surface area (Å²) in [5, 5.41) is 12.4. The fourth-order valence-electron chi connectivity index (χ4n) is 1.70. The highest BCUT2D eigenvalue weighted by molar-refractivity contribution is 5.47. The summed E-state index contributed by atoms with van der Waals surface area (Å²) in [5.41, 5.74) is 0.142. The highest BCUT2D eigenvalue weighted by atomic mass is 19.1. The number of likely N-dealkylation sites (N-methyl/N-ethyl adjacent to an activating group) is 2. The van der Waals surface area contributed by atoms with Crippen molar-refractivity contribution in [1.29, 1.82) is 0 Å². The number of aliphatic hydroxyl groups is 1. The lowest BCUT2D eigenvalue weighted by molar-refractivity contribution is 0.186. The fourth-order valence-corrected chi connectivity index (χ4v) is 1.70. The molecular formula is C13H21FN2O. The summed E-state index contributed by atoms with van der Waals surface area (Å²) in [6, 6.07) is 6.70. The molecule has 0 fully saturated rings. The van der Waals surface area contributed by atoms with E-state index in [-0.39, 0.29) is 12.4 Å². The minimum Gasteiger partial charge on any atom is -0.394 e. The zero-order valence-electron chi connectivity index (χ0n) is 10.7. The number of benzene rings is 1. The minimum absolute atomic E-state index is 0.00839. The van der Waals surface area contributed by atoms with Crippen LogP contribution in [0.25, 0.3) is 0 Å². The van der Waals surface area contributed by atoms with E-state index in [1.165, 1.54) is 6.07 Å². The predicted molar refractivity (Wildman–Crippen MR) is 68.8 cm³/mol. The number of nitrogens with zero attached hydrogens (tertiary/aromatic N) is 1. The van der Waals surface area contributed by atoms with Crippen molar-refractivity contribution in [3.8, 4) is 0 Å². The highest BCUT2D eigenvalue weighted by Gasteiger charge is 2.24. The van der Waals surface area contributed by atoms with Crippen LogP contribution in [0.3, 0.4) is 0 Å². The van der Waals surface area contributed by atoms with Gasteiger partial charge < -0.3 is 15.3 Å². The number of halogens is 1. The summed E-state index contributed by atoms with van der Waals surface area (Å²) >= 11 is 0. The molecule has 0 saturated heterocycles. The topological polar surface area (TPSA) is 35.5 Å². The van der Waals surface area contributed by atoms with Crippen LogP contribution in [0.2, 0.25) is 0 Å². The molecule has 1 aromatic rings. The fraction of sp³-hybridized carbons (Fsp3) is 0.538. The molecule has 1 unspecified atom stereocenters. The van der Waals surface area contributed by atoms with Crippen LogP contribution in [-0.4, -0.2) is 37.4 Å². The molecule has 0 aliphatic rings. The molecular weight excluding hydrogens is 219 g/mol. The molecule has 1 aromatic carbocycles. The zero-order valence-corrected chi connectivity index (χ0v) is 10.7. The Bertz CT molecular complexity index is 353. The Morgan fingerprint density at radius 1 is 1.41 bits per heavy atom. The third-order valence-electron chi connectivity index (χ3n) is 3.07. The van der Waals surface area contributed by atoms with Crippen molar-refractivity contribution in [1.82, 2.24) is 5.32 Å². The van der Waals surface area contributed by atoms with Gasteiger partial charge in [-0.1, -0.05) is 12.1 Å². The van der Waals surface area contributed by atoms with Crippen molar-refractivity contribution >= 4 is 5.69 Å². The van der Waals surface area contributed by atoms with Gasteiger partial charge in [0.25, 0.3) is 0 Å². The van der Waals surface area contributed by atoms with Crippen molar-refractivity contribution in [2.45, 2.75) is 19.4 Å². The average molecular weight is 240 g/mol. The van der Waals surface area contributed by atoms with Gasteiger partial charge in [0.05, 0.1) is 17.8 Å². The molecule has 4 heteroatoms. The Labute approximate surface area is 102 Å². The summed E-state index contributed by atoms with van der Waals surface area (Å²) in [5.74, 6) is -0.231. The van der Waals surface area contributed by atoms with E-state index >= 15 is 0 Å². The van der Waals surface area contributed by atoms with Crippen molar-refractivity contribution in [3.63, 3.8) is 0 Å². The molecule has 3 nitrogen and oxygen atoms in total. The molecule has 1 atom stereocenters. The first-order valence-corrected chi connectivity index (χ1v) is 5.85. The number of hydrogen-bond acceptors (Lipinski definition) is 3. The molecule has 96 valence electrons. The van der Waals surface area contributed by atoms with Gasteiger partial charge in [-0.25, -0.2) is 4.39 Å². The van der Waals surface area contributed by atoms with E-state index in [0.29, 0.717) is 18.8 Å². The summed E-state index contributed by atoms with van der Waals surface area (Å²) in [6.45, 7) is 5.14. The maximum Gasteiger partial charge on any atom is 0.146 e. The maximum absolute atomic E-state index is 13.7. The van der Waals surface area contributed by atoms with Gasteiger partial charge in [0.15, 0.2) is 0 Å². The lowest BCUT2D eigenvalue weighted by Crippen LogP contribution is -2.52. The Balaban J connectivity index is 2.90. The standard InChI is InChI=1S/C13H21FN2O/c1-4-16(9-13(2,10-17)15-3)12-8-6-5-7-11(12)14/h5-8,15,17H,4,9-10H2,1-3H3. The van der Waals surface area contributed by atoms with Crippen molar-refractivity contribution in [2.24, 2.45) is 0 Å². The van der Waals surface area contributed by atoms with Crippen molar-refractivity contribution < 1.29 is 9.50 Å². The van der Waals surface area contributed by atoms with Gasteiger partial charge in [-0.15, -0.1) is 0 Å². The quantitative estimate of drug-likeness (QED) is 0.793. The number of hydrogen-bond donors (Lipinski definition) is 2. The Morgan fingerprint density at radius 3 is 2.53 bits per heavy atom. The third-order valence-corrected chi connectivity index (χ3v) is 3.07. The average Bonchev–Trinajstić information content (AvgIpc) is 2.37. The van der Waals surface area contributed by atoms with E-state index < -0.39 is 5.54 Å². The Hall–Kier alpha value is -1.13. The van der Waals surface area contributed by atoms with Gasteiger partial charge in [0.1, 0.15) is 5.82 Å². The van der Waals surface area contributed by atoms with E-state index in [4.69, 9.17) is 0 Å². The molecule has 0 heterocycles. The monoisotopic (exact) mass is 240 g/mol. The molecule has 0 saturated carbocycles. The molecule has 1 rings (SSSR count). The van der Waals surface area contributed by atoms with Gasteiger partial charge in [-0.05, 0) is 33.0 Å². The largest absolute Gasteiger partial charge is 0.394 e. The van der Waals surface area contributed by atoms with E-state index in [0.717, 1.165) is 0 Å². The van der Waals surface area contributed by atoms with Crippen LogP contribution in [0.4, 0.5) is 10.1 Å². The number of aliphatic hydroxyl groups excluding tert-OH is 1. The molecule has 17 heavy (non-hydrogen) atoms. The second kappa shape index (κ2) is 5.98. The lowest BCUT2D eigenvalue weighted by atomic mass is 10.0. The minimum atomic E-state index is -0.432. The summed E-state index contributed by atoms with van der Waals surface area (Å²) in [4.78, 5) is 1.92. The normalized spacial score (nSPS) is 14.4. The molecule has 0 amide bonds. The molecule has 0 aliphatic carbocycles. The number of nitrogens with one attached hydrogen (secondary N) is 1. The van der Waals surface area contributed by atoms with Crippen LogP contribution in [0.5, 0.6) is 0 Å². The molecule has 0 spiro atoms. The highest BCUT2D eigenvalue weighted by Crippen LogP contribution is 2.20. The van der Waals surface area contributed by atoms with Gasteiger partial charge in [-0.2, -0.15) is 0 Å². The molecule has 0 aromatic heterocycles. The molecule has 2 N–H and O–H groups in total. The van der Waals surface area contributed by atoms with Crippen LogP contribution in [0.15, 0.2) is 24.3 Å². The second-order valence-electron chi connectivity index (χ2n) is 4.43. The SMILES string of the molecule is CCN(CC(C)(CO)NC)c1ccccc1F.